The van der Waals surface area contributed by atoms with Crippen LogP contribution in [0.25, 0.3) is 11.1 Å². The van der Waals surface area contributed by atoms with Gasteiger partial charge < -0.3 is 15.2 Å². The number of hydrogen-bond donors (Lipinski definition) is 2. The fourth-order valence-corrected chi connectivity index (χ4v) is 3.19. The van der Waals surface area contributed by atoms with Gasteiger partial charge in [-0.2, -0.15) is 0 Å². The lowest BCUT2D eigenvalue weighted by molar-refractivity contribution is -0.120. The molecule has 0 radical (unpaired) electrons. The molecule has 152 valence electrons. The van der Waals surface area contributed by atoms with Crippen LogP contribution in [0.15, 0.2) is 33.9 Å². The van der Waals surface area contributed by atoms with E-state index in [0.29, 0.717) is 24.2 Å². The zero-order chi connectivity index (χ0) is 20.8. The number of hydrogen-bond acceptors (Lipinski definition) is 4. The van der Waals surface area contributed by atoms with E-state index in [4.69, 9.17) is 0 Å². The van der Waals surface area contributed by atoms with Gasteiger partial charge in [0, 0.05) is 25.8 Å². The quantitative estimate of drug-likeness (QED) is 0.666. The van der Waals surface area contributed by atoms with Crippen molar-refractivity contribution in [2.75, 3.05) is 13.1 Å². The molecule has 2 rings (SSSR count). The fourth-order valence-electron chi connectivity index (χ4n) is 3.19. The van der Waals surface area contributed by atoms with E-state index < -0.39 is 0 Å². The van der Waals surface area contributed by atoms with Crippen molar-refractivity contribution >= 4 is 5.91 Å². The Hall–Kier alpha value is -2.67. The second kappa shape index (κ2) is 9.50. The Kier molecular flexibility index (Phi) is 7.34. The van der Waals surface area contributed by atoms with Gasteiger partial charge in [0.05, 0.1) is 12.1 Å². The standard InChI is InChI=1S/C21H30N4O3/c1-6-11-22-13-18(26)23-14(2)12-16-7-9-17(10-8-16)19-15(3)24(4)21(28)25(5)20(19)27/h7-10,14,22H,6,11-13H2,1-5H3,(H,23,26). The molecule has 1 amide bonds. The number of nitrogens with one attached hydrogen (secondary N) is 2. The summed E-state index contributed by atoms with van der Waals surface area (Å²) in [5, 5.41) is 6.07. The first-order chi connectivity index (χ1) is 13.3. The first kappa shape index (κ1) is 21.6. The molecule has 1 aromatic heterocycles. The molecular weight excluding hydrogens is 356 g/mol. The van der Waals surface area contributed by atoms with Gasteiger partial charge in [0.1, 0.15) is 0 Å². The van der Waals surface area contributed by atoms with Crippen LogP contribution < -0.4 is 21.9 Å². The number of amides is 1. The molecule has 0 aliphatic rings. The molecular formula is C21H30N4O3. The normalized spacial score (nSPS) is 12.0. The zero-order valence-electron chi connectivity index (χ0n) is 17.3. The van der Waals surface area contributed by atoms with E-state index in [9.17, 15) is 14.4 Å². The van der Waals surface area contributed by atoms with Crippen molar-refractivity contribution in [2.24, 2.45) is 14.1 Å². The number of carbonyl (C=O) groups is 1. The average Bonchev–Trinajstić information content (AvgIpc) is 2.66. The molecule has 2 N–H and O–H groups in total. The maximum atomic E-state index is 12.6. The summed E-state index contributed by atoms with van der Waals surface area (Å²) in [4.78, 5) is 36.5. The number of aromatic nitrogens is 2. The van der Waals surface area contributed by atoms with Gasteiger partial charge in [-0.25, -0.2) is 4.79 Å². The molecule has 1 heterocycles. The highest BCUT2D eigenvalue weighted by atomic mass is 16.2. The molecule has 0 aliphatic heterocycles. The highest BCUT2D eigenvalue weighted by Crippen LogP contribution is 2.19. The van der Waals surface area contributed by atoms with Gasteiger partial charge in [0.2, 0.25) is 5.91 Å². The summed E-state index contributed by atoms with van der Waals surface area (Å²) >= 11 is 0. The summed E-state index contributed by atoms with van der Waals surface area (Å²) in [6.45, 7) is 6.96. The minimum Gasteiger partial charge on any atom is -0.352 e. The van der Waals surface area contributed by atoms with Crippen molar-refractivity contribution in [3.05, 3.63) is 56.4 Å². The fraction of sp³-hybridized carbons (Fsp3) is 0.476. The molecule has 7 heteroatoms. The second-order valence-electron chi connectivity index (χ2n) is 7.21. The van der Waals surface area contributed by atoms with Gasteiger partial charge >= 0.3 is 5.69 Å². The van der Waals surface area contributed by atoms with Gasteiger partial charge in [0.25, 0.3) is 5.56 Å². The van der Waals surface area contributed by atoms with Crippen LogP contribution in [-0.4, -0.2) is 34.2 Å². The van der Waals surface area contributed by atoms with Crippen LogP contribution in [0.2, 0.25) is 0 Å². The van der Waals surface area contributed by atoms with Crippen molar-refractivity contribution in [3.8, 4) is 11.1 Å². The number of rotatable bonds is 8. The predicted octanol–water partition coefficient (Wildman–Crippen LogP) is 1.11. The Morgan fingerprint density at radius 3 is 2.36 bits per heavy atom. The molecule has 0 fully saturated rings. The van der Waals surface area contributed by atoms with Gasteiger partial charge in [-0.05, 0) is 44.4 Å². The van der Waals surface area contributed by atoms with Crippen LogP contribution in [0.4, 0.5) is 0 Å². The third-order valence-corrected chi connectivity index (χ3v) is 4.86. The number of nitrogens with zero attached hydrogens (tertiary/aromatic N) is 2. The van der Waals surface area contributed by atoms with E-state index >= 15 is 0 Å². The zero-order valence-corrected chi connectivity index (χ0v) is 17.3. The molecule has 0 saturated heterocycles. The van der Waals surface area contributed by atoms with Gasteiger partial charge in [-0.3, -0.25) is 14.2 Å². The summed E-state index contributed by atoms with van der Waals surface area (Å²) in [6.07, 6.45) is 1.69. The summed E-state index contributed by atoms with van der Waals surface area (Å²) < 4.78 is 2.61. The van der Waals surface area contributed by atoms with Crippen molar-refractivity contribution in [1.82, 2.24) is 19.8 Å². The monoisotopic (exact) mass is 386 g/mol. The van der Waals surface area contributed by atoms with E-state index in [-0.39, 0.29) is 23.2 Å². The number of benzene rings is 1. The van der Waals surface area contributed by atoms with Crippen molar-refractivity contribution in [1.29, 1.82) is 0 Å². The highest BCUT2D eigenvalue weighted by molar-refractivity contribution is 5.78. The Bertz CT molecular complexity index is 942. The van der Waals surface area contributed by atoms with Gasteiger partial charge in [-0.1, -0.05) is 31.2 Å². The minimum atomic E-state index is -0.333. The minimum absolute atomic E-state index is 0.00827. The van der Waals surface area contributed by atoms with E-state index in [1.54, 1.807) is 14.0 Å². The van der Waals surface area contributed by atoms with Crippen LogP contribution in [-0.2, 0) is 25.3 Å². The molecule has 1 unspecified atom stereocenters. The van der Waals surface area contributed by atoms with Crippen molar-refractivity contribution < 1.29 is 4.79 Å². The molecule has 0 saturated carbocycles. The molecule has 1 aromatic carbocycles. The molecule has 28 heavy (non-hydrogen) atoms. The predicted molar refractivity (Wildman–Crippen MR) is 112 cm³/mol. The van der Waals surface area contributed by atoms with E-state index in [1.807, 2.05) is 31.2 Å². The Morgan fingerprint density at radius 1 is 1.11 bits per heavy atom. The largest absolute Gasteiger partial charge is 0.352 e. The van der Waals surface area contributed by atoms with Gasteiger partial charge in [0.15, 0.2) is 0 Å². The molecule has 2 aromatic rings. The Morgan fingerprint density at radius 2 is 1.75 bits per heavy atom. The van der Waals surface area contributed by atoms with Crippen LogP contribution in [0.1, 0.15) is 31.5 Å². The van der Waals surface area contributed by atoms with E-state index in [0.717, 1.165) is 28.7 Å². The molecule has 7 nitrogen and oxygen atoms in total. The maximum absolute atomic E-state index is 12.6. The Balaban J connectivity index is 2.12. The highest BCUT2D eigenvalue weighted by Gasteiger charge is 2.14. The Labute approximate surface area is 165 Å². The number of carbonyl (C=O) groups excluding carboxylic acids is 1. The summed E-state index contributed by atoms with van der Waals surface area (Å²) in [5.41, 5.74) is 2.38. The lowest BCUT2D eigenvalue weighted by atomic mass is 10.0. The van der Waals surface area contributed by atoms with Crippen LogP contribution in [0.3, 0.4) is 0 Å². The SMILES string of the molecule is CCCNCC(=O)NC(C)Cc1ccc(-c2c(C)n(C)c(=O)n(C)c2=O)cc1. The lowest BCUT2D eigenvalue weighted by Gasteiger charge is -2.15. The van der Waals surface area contributed by atoms with Crippen LogP contribution in [0, 0.1) is 6.92 Å². The van der Waals surface area contributed by atoms with Crippen molar-refractivity contribution in [3.63, 3.8) is 0 Å². The lowest BCUT2D eigenvalue weighted by Crippen LogP contribution is -2.40. The van der Waals surface area contributed by atoms with E-state index in [2.05, 4.69) is 17.6 Å². The summed E-state index contributed by atoms with van der Waals surface area (Å²) in [5.74, 6) is -0.0121. The van der Waals surface area contributed by atoms with Crippen LogP contribution >= 0.6 is 0 Å². The first-order valence-corrected chi connectivity index (χ1v) is 9.62. The average molecular weight is 386 g/mol. The second-order valence-corrected chi connectivity index (χ2v) is 7.21. The molecule has 0 bridgehead atoms. The third kappa shape index (κ3) is 4.98. The maximum Gasteiger partial charge on any atom is 0.330 e. The summed E-state index contributed by atoms with van der Waals surface area (Å²) in [6, 6.07) is 7.70. The smallest absolute Gasteiger partial charge is 0.330 e. The van der Waals surface area contributed by atoms with Gasteiger partial charge in [-0.15, -0.1) is 0 Å². The van der Waals surface area contributed by atoms with Crippen molar-refractivity contribution in [2.45, 2.75) is 39.7 Å². The summed E-state index contributed by atoms with van der Waals surface area (Å²) in [7, 11) is 3.15. The molecule has 1 atom stereocenters. The molecule has 0 spiro atoms. The van der Waals surface area contributed by atoms with Crippen LogP contribution in [0.5, 0.6) is 0 Å². The first-order valence-electron chi connectivity index (χ1n) is 9.62. The topological polar surface area (TPSA) is 85.1 Å². The molecule has 0 aliphatic carbocycles. The third-order valence-electron chi connectivity index (χ3n) is 4.86. The van der Waals surface area contributed by atoms with E-state index in [1.165, 1.54) is 11.6 Å².